The first-order valence-electron chi connectivity index (χ1n) is 4.92. The number of nitrogens with one attached hydrogen (secondary N) is 1. The van der Waals surface area contributed by atoms with Crippen LogP contribution in [0.3, 0.4) is 0 Å². The van der Waals surface area contributed by atoms with Crippen molar-refractivity contribution in [2.24, 2.45) is 0 Å². The van der Waals surface area contributed by atoms with Gasteiger partial charge in [-0.25, -0.2) is 4.39 Å². The lowest BCUT2D eigenvalue weighted by atomic mass is 10.2. The van der Waals surface area contributed by atoms with Crippen molar-refractivity contribution in [3.8, 4) is 0 Å². The van der Waals surface area contributed by atoms with E-state index in [4.69, 9.17) is 0 Å². The van der Waals surface area contributed by atoms with Gasteiger partial charge in [0.25, 0.3) is 5.91 Å². The molecule has 0 unspecified atom stereocenters. The van der Waals surface area contributed by atoms with E-state index >= 15 is 0 Å². The lowest BCUT2D eigenvalue weighted by Gasteiger charge is -2.05. The van der Waals surface area contributed by atoms with Gasteiger partial charge in [0.2, 0.25) is 0 Å². The number of rotatable bonds is 3. The summed E-state index contributed by atoms with van der Waals surface area (Å²) < 4.78 is 13.6. The molecule has 0 spiro atoms. The predicted molar refractivity (Wildman–Crippen MR) is 69.6 cm³/mol. The van der Waals surface area contributed by atoms with Crippen LogP contribution < -0.4 is 5.32 Å². The van der Waals surface area contributed by atoms with Crippen molar-refractivity contribution in [3.05, 3.63) is 56.4 Å². The molecule has 2 nitrogen and oxygen atoms in total. The Bertz CT molecular complexity index is 527. The lowest BCUT2D eigenvalue weighted by molar-refractivity contribution is 0.0950. The average Bonchev–Trinajstić information content (AvgIpc) is 2.82. The monoisotopic (exact) mass is 313 g/mol. The minimum Gasteiger partial charge on any atom is -0.347 e. The van der Waals surface area contributed by atoms with Gasteiger partial charge in [-0.1, -0.05) is 6.07 Å². The zero-order valence-electron chi connectivity index (χ0n) is 8.74. The standard InChI is InChI=1S/C12H9BrFNOS/c13-11-4-3-8(14)6-10(11)12(16)15-7-9-2-1-5-17-9/h1-6H,7H2,(H,15,16). The number of halogens is 2. The number of amides is 1. The molecule has 88 valence electrons. The minimum atomic E-state index is -0.422. The fraction of sp³-hybridized carbons (Fsp3) is 0.0833. The summed E-state index contributed by atoms with van der Waals surface area (Å²) in [4.78, 5) is 12.9. The van der Waals surface area contributed by atoms with E-state index < -0.39 is 5.82 Å². The van der Waals surface area contributed by atoms with Crippen molar-refractivity contribution >= 4 is 33.2 Å². The summed E-state index contributed by atoms with van der Waals surface area (Å²) >= 11 is 4.79. The van der Waals surface area contributed by atoms with Crippen molar-refractivity contribution in [1.29, 1.82) is 0 Å². The van der Waals surface area contributed by atoms with E-state index in [1.807, 2.05) is 17.5 Å². The first-order chi connectivity index (χ1) is 8.16. The number of carbonyl (C=O) groups excluding carboxylic acids is 1. The fourth-order valence-electron chi connectivity index (χ4n) is 1.35. The minimum absolute atomic E-state index is 0.287. The number of hydrogen-bond donors (Lipinski definition) is 1. The molecule has 2 aromatic rings. The smallest absolute Gasteiger partial charge is 0.252 e. The van der Waals surface area contributed by atoms with Gasteiger partial charge in [0.05, 0.1) is 12.1 Å². The second-order valence-electron chi connectivity index (χ2n) is 3.39. The molecule has 1 heterocycles. The predicted octanol–water partition coefficient (Wildman–Crippen LogP) is 3.58. The fourth-order valence-corrected chi connectivity index (χ4v) is 2.42. The van der Waals surface area contributed by atoms with Crippen molar-refractivity contribution in [2.75, 3.05) is 0 Å². The number of hydrogen-bond acceptors (Lipinski definition) is 2. The Balaban J connectivity index is 2.07. The Morgan fingerprint density at radius 2 is 2.24 bits per heavy atom. The van der Waals surface area contributed by atoms with Gasteiger partial charge >= 0.3 is 0 Å². The first-order valence-corrected chi connectivity index (χ1v) is 6.60. The third-order valence-electron chi connectivity index (χ3n) is 2.18. The second kappa shape index (κ2) is 5.42. The van der Waals surface area contributed by atoms with Crippen LogP contribution in [0.1, 0.15) is 15.2 Å². The third-order valence-corrected chi connectivity index (χ3v) is 3.74. The molecule has 2 rings (SSSR count). The largest absolute Gasteiger partial charge is 0.347 e. The molecule has 17 heavy (non-hydrogen) atoms. The molecule has 0 bridgehead atoms. The van der Waals surface area contributed by atoms with E-state index in [0.717, 1.165) is 4.88 Å². The summed E-state index contributed by atoms with van der Waals surface area (Å²) in [6.07, 6.45) is 0. The summed E-state index contributed by atoms with van der Waals surface area (Å²) in [5, 5.41) is 4.69. The van der Waals surface area contributed by atoms with E-state index in [1.54, 1.807) is 11.3 Å². The molecule has 0 saturated carbocycles. The molecule has 0 fully saturated rings. The van der Waals surface area contributed by atoms with Crippen molar-refractivity contribution in [1.82, 2.24) is 5.32 Å². The van der Waals surface area contributed by atoms with Crippen LogP contribution in [0.4, 0.5) is 4.39 Å². The highest BCUT2D eigenvalue weighted by Crippen LogP contribution is 2.18. The molecule has 0 atom stereocenters. The van der Waals surface area contributed by atoms with Crippen LogP contribution in [0.2, 0.25) is 0 Å². The van der Waals surface area contributed by atoms with Crippen LogP contribution >= 0.6 is 27.3 Å². The van der Waals surface area contributed by atoms with Gasteiger partial charge < -0.3 is 5.32 Å². The summed E-state index contributed by atoms with van der Waals surface area (Å²) in [6.45, 7) is 0.458. The van der Waals surface area contributed by atoms with E-state index in [9.17, 15) is 9.18 Å². The molecule has 1 N–H and O–H groups in total. The maximum atomic E-state index is 13.0. The molecule has 1 amide bonds. The van der Waals surface area contributed by atoms with Gasteiger partial charge in [0.1, 0.15) is 5.82 Å². The van der Waals surface area contributed by atoms with Crippen molar-refractivity contribution < 1.29 is 9.18 Å². The molecule has 0 aliphatic heterocycles. The van der Waals surface area contributed by atoms with Gasteiger partial charge in [0, 0.05) is 9.35 Å². The van der Waals surface area contributed by atoms with Crippen LogP contribution in [0, 0.1) is 5.82 Å². The number of benzene rings is 1. The highest BCUT2D eigenvalue weighted by Gasteiger charge is 2.10. The maximum absolute atomic E-state index is 13.0. The summed E-state index contributed by atoms with van der Waals surface area (Å²) in [5.41, 5.74) is 0.307. The number of carbonyl (C=O) groups is 1. The van der Waals surface area contributed by atoms with Gasteiger partial charge in [-0.15, -0.1) is 11.3 Å². The molecule has 0 aliphatic rings. The molecule has 0 saturated heterocycles. The van der Waals surface area contributed by atoms with Gasteiger partial charge in [-0.2, -0.15) is 0 Å². The van der Waals surface area contributed by atoms with E-state index in [-0.39, 0.29) is 5.91 Å². The van der Waals surface area contributed by atoms with Crippen molar-refractivity contribution in [2.45, 2.75) is 6.54 Å². The highest BCUT2D eigenvalue weighted by molar-refractivity contribution is 9.10. The summed E-state index contributed by atoms with van der Waals surface area (Å²) in [5.74, 6) is -0.709. The van der Waals surface area contributed by atoms with E-state index in [0.29, 0.717) is 16.6 Å². The Morgan fingerprint density at radius 1 is 1.41 bits per heavy atom. The van der Waals surface area contributed by atoms with Crippen LogP contribution in [0.15, 0.2) is 40.2 Å². The quantitative estimate of drug-likeness (QED) is 0.922. The second-order valence-corrected chi connectivity index (χ2v) is 5.27. The zero-order chi connectivity index (χ0) is 12.3. The van der Waals surface area contributed by atoms with Crippen LogP contribution in [0.25, 0.3) is 0 Å². The Morgan fingerprint density at radius 3 is 2.94 bits per heavy atom. The van der Waals surface area contributed by atoms with Crippen LogP contribution in [-0.4, -0.2) is 5.91 Å². The van der Waals surface area contributed by atoms with Gasteiger partial charge in [-0.3, -0.25) is 4.79 Å². The molecular formula is C12H9BrFNOS. The molecule has 5 heteroatoms. The molecule has 0 aliphatic carbocycles. The van der Waals surface area contributed by atoms with Crippen LogP contribution in [-0.2, 0) is 6.54 Å². The molecule has 0 radical (unpaired) electrons. The van der Waals surface area contributed by atoms with Gasteiger partial charge in [-0.05, 0) is 45.6 Å². The number of thiophene rings is 1. The van der Waals surface area contributed by atoms with Gasteiger partial charge in [0.15, 0.2) is 0 Å². The zero-order valence-corrected chi connectivity index (χ0v) is 11.1. The normalized spacial score (nSPS) is 10.2. The Labute approximate surface area is 111 Å². The molecular weight excluding hydrogens is 305 g/mol. The third kappa shape index (κ3) is 3.14. The van der Waals surface area contributed by atoms with Crippen LogP contribution in [0.5, 0.6) is 0 Å². The van der Waals surface area contributed by atoms with E-state index in [2.05, 4.69) is 21.2 Å². The SMILES string of the molecule is O=C(NCc1cccs1)c1cc(F)ccc1Br. The van der Waals surface area contributed by atoms with Crippen molar-refractivity contribution in [3.63, 3.8) is 0 Å². The topological polar surface area (TPSA) is 29.1 Å². The Kier molecular flexibility index (Phi) is 3.91. The van der Waals surface area contributed by atoms with E-state index in [1.165, 1.54) is 18.2 Å². The average molecular weight is 314 g/mol. The summed E-state index contributed by atoms with van der Waals surface area (Å²) in [7, 11) is 0. The lowest BCUT2D eigenvalue weighted by Crippen LogP contribution is -2.22. The summed E-state index contributed by atoms with van der Waals surface area (Å²) in [6, 6.07) is 7.90. The highest BCUT2D eigenvalue weighted by atomic mass is 79.9. The maximum Gasteiger partial charge on any atom is 0.252 e. The first kappa shape index (κ1) is 12.3. The molecule has 1 aromatic carbocycles. The molecule has 1 aromatic heterocycles. The Hall–Kier alpha value is -1.20.